The molecule has 3 rings (SSSR count). The summed E-state index contributed by atoms with van der Waals surface area (Å²) in [7, 11) is 1.61. The Morgan fingerprint density at radius 3 is 2.95 bits per heavy atom. The van der Waals surface area contributed by atoms with Gasteiger partial charge in [-0.05, 0) is 41.0 Å². The summed E-state index contributed by atoms with van der Waals surface area (Å²) < 4.78 is 10.7. The Labute approximate surface area is 129 Å². The van der Waals surface area contributed by atoms with Crippen molar-refractivity contribution < 1.29 is 9.47 Å². The molecule has 1 unspecified atom stereocenters. The quantitative estimate of drug-likeness (QED) is 0.946. The van der Waals surface area contributed by atoms with Gasteiger partial charge in [0.15, 0.2) is 0 Å². The van der Waals surface area contributed by atoms with Crippen LogP contribution >= 0.6 is 11.6 Å². The van der Waals surface area contributed by atoms with E-state index in [1.165, 1.54) is 0 Å². The van der Waals surface area contributed by atoms with E-state index in [0.29, 0.717) is 17.5 Å². The third-order valence-corrected chi connectivity index (χ3v) is 3.74. The topological polar surface area (TPSA) is 43.4 Å². The molecule has 110 valence electrons. The summed E-state index contributed by atoms with van der Waals surface area (Å²) in [5, 5.41) is 4.16. The van der Waals surface area contributed by atoms with Gasteiger partial charge in [0.25, 0.3) is 0 Å². The molecule has 0 radical (unpaired) electrons. The summed E-state index contributed by atoms with van der Waals surface area (Å²) in [6.45, 7) is 2.28. The van der Waals surface area contributed by atoms with Gasteiger partial charge in [0, 0.05) is 23.8 Å². The molecule has 2 heterocycles. The Kier molecular flexibility index (Phi) is 4.39. The third kappa shape index (κ3) is 3.35. The monoisotopic (exact) mass is 304 g/mol. The Morgan fingerprint density at radius 2 is 2.19 bits per heavy atom. The first-order valence-corrected chi connectivity index (χ1v) is 7.26. The van der Waals surface area contributed by atoms with Gasteiger partial charge in [-0.1, -0.05) is 11.6 Å². The lowest BCUT2D eigenvalue weighted by Gasteiger charge is -2.24. The molecule has 0 bridgehead atoms. The van der Waals surface area contributed by atoms with E-state index in [2.05, 4.69) is 16.4 Å². The van der Waals surface area contributed by atoms with Gasteiger partial charge in [-0.15, -0.1) is 0 Å². The van der Waals surface area contributed by atoms with Crippen LogP contribution in [0.3, 0.4) is 0 Å². The van der Waals surface area contributed by atoms with E-state index >= 15 is 0 Å². The van der Waals surface area contributed by atoms with Crippen LogP contribution in [0.5, 0.6) is 5.88 Å². The molecule has 4 nitrogen and oxygen atoms in total. The minimum Gasteiger partial charge on any atom is -0.481 e. The molecule has 1 aromatic carbocycles. The van der Waals surface area contributed by atoms with E-state index in [4.69, 9.17) is 21.1 Å². The van der Waals surface area contributed by atoms with Crippen LogP contribution in [0.15, 0.2) is 36.5 Å². The number of hydrogen-bond donors (Lipinski definition) is 1. The Hall–Kier alpha value is -1.62. The number of methoxy groups -OCH3 is 1. The first-order valence-electron chi connectivity index (χ1n) is 6.88. The van der Waals surface area contributed by atoms with Crippen LogP contribution in [-0.4, -0.2) is 31.9 Å². The molecule has 1 aliphatic heterocycles. The standard InChI is InChI=1S/C16H17ClN2O2/c1-20-16-9-11(2-3-19-16)12-6-13(8-14(17)7-12)15-10-21-5-4-18-15/h2-3,6-9,15,18H,4-5,10H2,1H3. The Bertz CT molecular complexity index is 627. The van der Waals surface area contributed by atoms with Crippen LogP contribution in [0.2, 0.25) is 5.02 Å². The van der Waals surface area contributed by atoms with E-state index < -0.39 is 0 Å². The van der Waals surface area contributed by atoms with Crippen molar-refractivity contribution in [3.05, 3.63) is 47.1 Å². The molecule has 0 saturated carbocycles. The first kappa shape index (κ1) is 14.3. The van der Waals surface area contributed by atoms with Crippen molar-refractivity contribution in [3.63, 3.8) is 0 Å². The highest BCUT2D eigenvalue weighted by Crippen LogP contribution is 2.29. The highest BCUT2D eigenvalue weighted by Gasteiger charge is 2.16. The molecule has 1 atom stereocenters. The van der Waals surface area contributed by atoms with E-state index in [1.54, 1.807) is 13.3 Å². The SMILES string of the molecule is COc1cc(-c2cc(Cl)cc(C3COCCN3)c2)ccn1. The third-order valence-electron chi connectivity index (χ3n) is 3.52. The second kappa shape index (κ2) is 6.43. The number of nitrogens with zero attached hydrogens (tertiary/aromatic N) is 1. The summed E-state index contributed by atoms with van der Waals surface area (Å²) in [4.78, 5) is 4.13. The maximum Gasteiger partial charge on any atom is 0.213 e. The molecule has 1 fully saturated rings. The van der Waals surface area contributed by atoms with Crippen molar-refractivity contribution in [2.45, 2.75) is 6.04 Å². The number of ether oxygens (including phenoxy) is 2. The van der Waals surface area contributed by atoms with Crippen LogP contribution in [0.4, 0.5) is 0 Å². The zero-order valence-corrected chi connectivity index (χ0v) is 12.6. The normalized spacial score (nSPS) is 18.5. The molecule has 21 heavy (non-hydrogen) atoms. The van der Waals surface area contributed by atoms with Crippen LogP contribution in [0.1, 0.15) is 11.6 Å². The average Bonchev–Trinajstić information content (AvgIpc) is 2.55. The van der Waals surface area contributed by atoms with Crippen LogP contribution < -0.4 is 10.1 Å². The van der Waals surface area contributed by atoms with Crippen LogP contribution in [0.25, 0.3) is 11.1 Å². The predicted octanol–water partition coefficient (Wildman–Crippen LogP) is 3.07. The molecule has 1 aromatic heterocycles. The van der Waals surface area contributed by atoms with Gasteiger partial charge in [0.05, 0.1) is 26.4 Å². The Balaban J connectivity index is 1.96. The molecule has 1 aliphatic rings. The van der Waals surface area contributed by atoms with Gasteiger partial charge >= 0.3 is 0 Å². The maximum absolute atomic E-state index is 6.28. The van der Waals surface area contributed by atoms with Crippen molar-refractivity contribution in [2.75, 3.05) is 26.9 Å². The molecule has 0 aliphatic carbocycles. The molecule has 0 spiro atoms. The molecule has 0 amide bonds. The number of pyridine rings is 1. The van der Waals surface area contributed by atoms with Gasteiger partial charge in [-0.2, -0.15) is 0 Å². The number of hydrogen-bond acceptors (Lipinski definition) is 4. The van der Waals surface area contributed by atoms with Crippen molar-refractivity contribution in [3.8, 4) is 17.0 Å². The zero-order chi connectivity index (χ0) is 14.7. The van der Waals surface area contributed by atoms with Gasteiger partial charge in [0.1, 0.15) is 0 Å². The number of aromatic nitrogens is 1. The largest absolute Gasteiger partial charge is 0.481 e. The molecule has 1 N–H and O–H groups in total. The number of morpholine rings is 1. The van der Waals surface area contributed by atoms with Crippen LogP contribution in [-0.2, 0) is 4.74 Å². The molecule has 1 saturated heterocycles. The summed E-state index contributed by atoms with van der Waals surface area (Å²) in [6.07, 6.45) is 1.73. The van der Waals surface area contributed by atoms with Crippen molar-refractivity contribution in [2.24, 2.45) is 0 Å². The van der Waals surface area contributed by atoms with E-state index in [1.807, 2.05) is 24.3 Å². The molecular formula is C16H17ClN2O2. The van der Waals surface area contributed by atoms with Gasteiger partial charge in [-0.3, -0.25) is 0 Å². The zero-order valence-electron chi connectivity index (χ0n) is 11.8. The minimum atomic E-state index is 0.180. The maximum atomic E-state index is 6.28. The van der Waals surface area contributed by atoms with Gasteiger partial charge in [-0.25, -0.2) is 4.98 Å². The Morgan fingerprint density at radius 1 is 1.29 bits per heavy atom. The fourth-order valence-electron chi connectivity index (χ4n) is 2.46. The highest BCUT2D eigenvalue weighted by atomic mass is 35.5. The molecule has 2 aromatic rings. The van der Waals surface area contributed by atoms with Gasteiger partial charge in [0.2, 0.25) is 5.88 Å². The molecule has 5 heteroatoms. The second-order valence-corrected chi connectivity index (χ2v) is 5.38. The fraction of sp³-hybridized carbons (Fsp3) is 0.312. The van der Waals surface area contributed by atoms with Crippen molar-refractivity contribution in [1.29, 1.82) is 0 Å². The number of benzene rings is 1. The lowest BCUT2D eigenvalue weighted by Crippen LogP contribution is -2.34. The highest BCUT2D eigenvalue weighted by molar-refractivity contribution is 6.31. The number of nitrogens with one attached hydrogen (secondary N) is 1. The molecular weight excluding hydrogens is 288 g/mol. The summed E-state index contributed by atoms with van der Waals surface area (Å²) in [5.74, 6) is 0.591. The predicted molar refractivity (Wildman–Crippen MR) is 82.8 cm³/mol. The van der Waals surface area contributed by atoms with Crippen molar-refractivity contribution in [1.82, 2.24) is 10.3 Å². The summed E-state index contributed by atoms with van der Waals surface area (Å²) in [6, 6.07) is 10.1. The summed E-state index contributed by atoms with van der Waals surface area (Å²) in [5.41, 5.74) is 3.21. The minimum absolute atomic E-state index is 0.180. The average molecular weight is 305 g/mol. The van der Waals surface area contributed by atoms with E-state index in [-0.39, 0.29) is 6.04 Å². The first-order chi connectivity index (χ1) is 10.3. The summed E-state index contributed by atoms with van der Waals surface area (Å²) >= 11 is 6.28. The number of halogens is 1. The number of rotatable bonds is 3. The lowest BCUT2D eigenvalue weighted by molar-refractivity contribution is 0.0769. The van der Waals surface area contributed by atoms with Gasteiger partial charge < -0.3 is 14.8 Å². The second-order valence-electron chi connectivity index (χ2n) is 4.94. The van der Waals surface area contributed by atoms with E-state index in [9.17, 15) is 0 Å². The van der Waals surface area contributed by atoms with Crippen LogP contribution in [0, 0.1) is 0 Å². The van der Waals surface area contributed by atoms with E-state index in [0.717, 1.165) is 29.8 Å². The fourth-order valence-corrected chi connectivity index (χ4v) is 2.70. The lowest BCUT2D eigenvalue weighted by atomic mass is 10.00. The van der Waals surface area contributed by atoms with Crippen molar-refractivity contribution >= 4 is 11.6 Å². The smallest absolute Gasteiger partial charge is 0.213 e.